The van der Waals surface area contributed by atoms with Gasteiger partial charge in [-0.1, -0.05) is 17.7 Å². The largest absolute Gasteiger partial charge is 0.339 e. The number of anilines is 3. The van der Waals surface area contributed by atoms with Gasteiger partial charge in [0, 0.05) is 6.07 Å². The highest BCUT2D eigenvalue weighted by Gasteiger charge is 2.04. The van der Waals surface area contributed by atoms with Gasteiger partial charge in [0.1, 0.15) is 17.5 Å². The minimum Gasteiger partial charge on any atom is -0.339 e. The number of benzene rings is 1. The van der Waals surface area contributed by atoms with Gasteiger partial charge in [0.05, 0.1) is 10.7 Å². The van der Waals surface area contributed by atoms with Gasteiger partial charge in [0.25, 0.3) is 0 Å². The number of nitrogens with one attached hydrogen (secondary N) is 2. The standard InChI is InChI=1S/C12H14ClN5/c1-7-3-4-10(9(13)5-7)17-11-6-12(18-14)16-8(2)15-11/h3-6H,14H2,1-2H3,(H2,15,16,17,18). The third-order valence-corrected chi connectivity index (χ3v) is 2.69. The summed E-state index contributed by atoms with van der Waals surface area (Å²) < 4.78 is 0. The number of hydrogen-bond acceptors (Lipinski definition) is 5. The molecule has 5 nitrogen and oxygen atoms in total. The Hall–Kier alpha value is -1.85. The Balaban J connectivity index is 2.30. The minimum absolute atomic E-state index is 0.549. The summed E-state index contributed by atoms with van der Waals surface area (Å²) in [5.74, 6) is 7.15. The van der Waals surface area contributed by atoms with Crippen LogP contribution in [0.25, 0.3) is 0 Å². The van der Waals surface area contributed by atoms with Crippen molar-refractivity contribution in [3.63, 3.8) is 0 Å². The summed E-state index contributed by atoms with van der Waals surface area (Å²) in [6.07, 6.45) is 0. The van der Waals surface area contributed by atoms with E-state index in [1.54, 1.807) is 13.0 Å². The number of hydrogen-bond donors (Lipinski definition) is 3. The summed E-state index contributed by atoms with van der Waals surface area (Å²) in [6.45, 7) is 3.78. The number of aromatic nitrogens is 2. The highest BCUT2D eigenvalue weighted by atomic mass is 35.5. The van der Waals surface area contributed by atoms with E-state index in [-0.39, 0.29) is 0 Å². The number of halogens is 1. The van der Waals surface area contributed by atoms with Gasteiger partial charge in [0.15, 0.2) is 0 Å². The molecule has 1 aromatic carbocycles. The highest BCUT2D eigenvalue weighted by molar-refractivity contribution is 6.33. The van der Waals surface area contributed by atoms with E-state index in [2.05, 4.69) is 20.7 Å². The van der Waals surface area contributed by atoms with Crippen molar-refractivity contribution in [3.8, 4) is 0 Å². The Bertz CT molecular complexity index is 570. The molecule has 0 unspecified atom stereocenters. The van der Waals surface area contributed by atoms with Gasteiger partial charge in [0.2, 0.25) is 0 Å². The Morgan fingerprint density at radius 3 is 2.50 bits per heavy atom. The molecule has 0 bridgehead atoms. The minimum atomic E-state index is 0.549. The second kappa shape index (κ2) is 5.20. The van der Waals surface area contributed by atoms with Crippen LogP contribution in [-0.2, 0) is 0 Å². The van der Waals surface area contributed by atoms with Crippen LogP contribution < -0.4 is 16.6 Å². The lowest BCUT2D eigenvalue weighted by Crippen LogP contribution is -2.10. The lowest BCUT2D eigenvalue weighted by atomic mass is 10.2. The summed E-state index contributed by atoms with van der Waals surface area (Å²) in [5.41, 5.74) is 4.39. The molecule has 0 fully saturated rings. The Morgan fingerprint density at radius 2 is 1.83 bits per heavy atom. The molecule has 0 aliphatic carbocycles. The Kier molecular flexibility index (Phi) is 3.64. The first-order valence-electron chi connectivity index (χ1n) is 5.44. The van der Waals surface area contributed by atoms with E-state index in [9.17, 15) is 0 Å². The van der Waals surface area contributed by atoms with Crippen LogP contribution >= 0.6 is 11.6 Å². The first-order valence-corrected chi connectivity index (χ1v) is 5.82. The SMILES string of the molecule is Cc1ccc(Nc2cc(NN)nc(C)n2)c(Cl)c1. The number of nitrogen functional groups attached to an aromatic ring is 1. The van der Waals surface area contributed by atoms with Gasteiger partial charge in [-0.25, -0.2) is 15.8 Å². The fourth-order valence-electron chi connectivity index (χ4n) is 1.57. The number of hydrazine groups is 1. The average Bonchev–Trinajstić information content (AvgIpc) is 2.32. The van der Waals surface area contributed by atoms with Gasteiger partial charge in [-0.15, -0.1) is 0 Å². The molecule has 0 saturated carbocycles. The van der Waals surface area contributed by atoms with Crippen LogP contribution in [0.3, 0.4) is 0 Å². The lowest BCUT2D eigenvalue weighted by molar-refractivity contribution is 1.05. The van der Waals surface area contributed by atoms with Crippen LogP contribution in [0.2, 0.25) is 5.02 Å². The zero-order valence-corrected chi connectivity index (χ0v) is 10.9. The van der Waals surface area contributed by atoms with Crippen molar-refractivity contribution in [2.24, 2.45) is 5.84 Å². The monoisotopic (exact) mass is 263 g/mol. The fraction of sp³-hybridized carbons (Fsp3) is 0.167. The number of nitrogens with two attached hydrogens (primary N) is 1. The van der Waals surface area contributed by atoms with E-state index in [0.717, 1.165) is 11.3 Å². The van der Waals surface area contributed by atoms with Crippen molar-refractivity contribution in [1.82, 2.24) is 9.97 Å². The maximum Gasteiger partial charge on any atom is 0.145 e. The predicted octanol–water partition coefficient (Wildman–Crippen LogP) is 2.78. The molecule has 2 aromatic rings. The van der Waals surface area contributed by atoms with Gasteiger partial charge < -0.3 is 10.7 Å². The molecule has 1 aromatic heterocycles. The maximum absolute atomic E-state index is 6.15. The molecule has 94 valence electrons. The van der Waals surface area contributed by atoms with E-state index in [0.29, 0.717) is 22.5 Å². The van der Waals surface area contributed by atoms with Crippen molar-refractivity contribution < 1.29 is 0 Å². The number of rotatable bonds is 3. The average molecular weight is 264 g/mol. The summed E-state index contributed by atoms with van der Waals surface area (Å²) >= 11 is 6.15. The third-order valence-electron chi connectivity index (χ3n) is 2.37. The molecule has 2 rings (SSSR count). The third kappa shape index (κ3) is 2.88. The van der Waals surface area contributed by atoms with Crippen LogP contribution in [0.5, 0.6) is 0 Å². The molecular formula is C12H14ClN5. The fourth-order valence-corrected chi connectivity index (χ4v) is 1.85. The van der Waals surface area contributed by atoms with E-state index in [1.165, 1.54) is 0 Å². The van der Waals surface area contributed by atoms with Crippen molar-refractivity contribution in [3.05, 3.63) is 40.7 Å². The molecule has 0 aliphatic rings. The van der Waals surface area contributed by atoms with E-state index < -0.39 is 0 Å². The summed E-state index contributed by atoms with van der Waals surface area (Å²) in [6, 6.07) is 7.48. The van der Waals surface area contributed by atoms with Crippen molar-refractivity contribution in [2.45, 2.75) is 13.8 Å². The molecule has 1 heterocycles. The first kappa shape index (κ1) is 12.6. The van der Waals surface area contributed by atoms with Gasteiger partial charge in [-0.05, 0) is 31.5 Å². The summed E-state index contributed by atoms with van der Waals surface area (Å²) in [4.78, 5) is 8.37. The van der Waals surface area contributed by atoms with Crippen LogP contribution in [0, 0.1) is 13.8 Å². The topological polar surface area (TPSA) is 75.9 Å². The lowest BCUT2D eigenvalue weighted by Gasteiger charge is -2.10. The molecule has 0 amide bonds. The van der Waals surface area contributed by atoms with Gasteiger partial charge in [-0.3, -0.25) is 0 Å². The normalized spacial score (nSPS) is 10.2. The first-order chi connectivity index (χ1) is 8.58. The van der Waals surface area contributed by atoms with E-state index >= 15 is 0 Å². The Morgan fingerprint density at radius 1 is 1.11 bits per heavy atom. The molecule has 0 atom stereocenters. The quantitative estimate of drug-likeness (QED) is 0.586. The number of nitrogens with zero attached hydrogens (tertiary/aromatic N) is 2. The highest BCUT2D eigenvalue weighted by Crippen LogP contribution is 2.26. The zero-order valence-electron chi connectivity index (χ0n) is 10.2. The van der Waals surface area contributed by atoms with Crippen LogP contribution in [0.4, 0.5) is 17.3 Å². The maximum atomic E-state index is 6.15. The molecule has 0 spiro atoms. The summed E-state index contributed by atoms with van der Waals surface area (Å²) in [5, 5.41) is 3.78. The van der Waals surface area contributed by atoms with Gasteiger partial charge in [-0.2, -0.15) is 0 Å². The van der Waals surface area contributed by atoms with Crippen LogP contribution in [0.1, 0.15) is 11.4 Å². The van der Waals surface area contributed by atoms with Gasteiger partial charge >= 0.3 is 0 Å². The molecular weight excluding hydrogens is 250 g/mol. The molecule has 0 saturated heterocycles. The van der Waals surface area contributed by atoms with Crippen molar-refractivity contribution in [2.75, 3.05) is 10.7 Å². The van der Waals surface area contributed by atoms with Crippen molar-refractivity contribution >= 4 is 28.9 Å². The summed E-state index contributed by atoms with van der Waals surface area (Å²) in [7, 11) is 0. The molecule has 0 radical (unpaired) electrons. The predicted molar refractivity (Wildman–Crippen MR) is 74.1 cm³/mol. The van der Waals surface area contributed by atoms with E-state index in [4.69, 9.17) is 17.4 Å². The van der Waals surface area contributed by atoms with E-state index in [1.807, 2.05) is 25.1 Å². The smallest absolute Gasteiger partial charge is 0.145 e. The second-order valence-corrected chi connectivity index (χ2v) is 4.35. The zero-order chi connectivity index (χ0) is 13.1. The molecule has 4 N–H and O–H groups in total. The van der Waals surface area contributed by atoms with Crippen molar-refractivity contribution in [1.29, 1.82) is 0 Å². The molecule has 6 heteroatoms. The van der Waals surface area contributed by atoms with Crippen LogP contribution in [-0.4, -0.2) is 9.97 Å². The molecule has 0 aliphatic heterocycles. The Labute approximate surface area is 110 Å². The van der Waals surface area contributed by atoms with Crippen LogP contribution in [0.15, 0.2) is 24.3 Å². The molecule has 18 heavy (non-hydrogen) atoms. The number of aryl methyl sites for hydroxylation is 2. The second-order valence-electron chi connectivity index (χ2n) is 3.94.